The van der Waals surface area contributed by atoms with Crippen LogP contribution in [-0.4, -0.2) is 11.8 Å². The molecule has 0 saturated carbocycles. The molecule has 96 valence electrons. The molecule has 2 aromatic rings. The minimum Gasteiger partial charge on any atom is -0.368 e. The summed E-state index contributed by atoms with van der Waals surface area (Å²) in [6.45, 7) is 0. The zero-order valence-electron chi connectivity index (χ0n) is 10.2. The van der Waals surface area contributed by atoms with E-state index in [4.69, 9.17) is 5.73 Å². The number of carbonyl (C=O) groups is 2. The fourth-order valence-corrected chi connectivity index (χ4v) is 1.77. The highest BCUT2D eigenvalue weighted by Crippen LogP contribution is 2.13. The van der Waals surface area contributed by atoms with E-state index < -0.39 is 11.9 Å². The van der Waals surface area contributed by atoms with Crippen molar-refractivity contribution < 1.29 is 9.59 Å². The van der Waals surface area contributed by atoms with Crippen molar-refractivity contribution in [2.24, 2.45) is 5.73 Å². The van der Waals surface area contributed by atoms with Crippen LogP contribution in [-0.2, 0) is 4.79 Å². The molecule has 3 N–H and O–H groups in total. The van der Waals surface area contributed by atoms with E-state index in [1.165, 1.54) is 0 Å². The first kappa shape index (κ1) is 12.8. The highest BCUT2D eigenvalue weighted by atomic mass is 16.2. The molecule has 0 spiro atoms. The molecule has 0 fully saturated rings. The van der Waals surface area contributed by atoms with Crippen molar-refractivity contribution in [1.82, 2.24) is 5.32 Å². The van der Waals surface area contributed by atoms with Crippen LogP contribution in [0.3, 0.4) is 0 Å². The fraction of sp³-hybridized carbons (Fsp3) is 0.0667. The van der Waals surface area contributed by atoms with Crippen LogP contribution in [0.25, 0.3) is 0 Å². The summed E-state index contributed by atoms with van der Waals surface area (Å²) in [6, 6.07) is 16.8. The predicted molar refractivity (Wildman–Crippen MR) is 72.3 cm³/mol. The smallest absolute Gasteiger partial charge is 0.252 e. The van der Waals surface area contributed by atoms with Crippen molar-refractivity contribution in [3.8, 4) is 0 Å². The zero-order valence-corrected chi connectivity index (χ0v) is 10.2. The third-order valence-corrected chi connectivity index (χ3v) is 2.73. The van der Waals surface area contributed by atoms with Crippen LogP contribution in [0.2, 0.25) is 0 Å². The average Bonchev–Trinajstić information content (AvgIpc) is 2.46. The Hall–Kier alpha value is -2.62. The number of nitrogens with one attached hydrogen (secondary N) is 1. The van der Waals surface area contributed by atoms with Crippen molar-refractivity contribution in [2.45, 2.75) is 6.04 Å². The first-order chi connectivity index (χ1) is 9.18. The molecule has 19 heavy (non-hydrogen) atoms. The van der Waals surface area contributed by atoms with Crippen molar-refractivity contribution in [1.29, 1.82) is 0 Å². The Morgan fingerprint density at radius 1 is 0.895 bits per heavy atom. The normalized spacial score (nSPS) is 11.6. The van der Waals surface area contributed by atoms with Crippen molar-refractivity contribution >= 4 is 11.8 Å². The number of carbonyl (C=O) groups excluding carboxylic acids is 2. The summed E-state index contributed by atoms with van der Waals surface area (Å²) in [5.41, 5.74) is 6.50. The van der Waals surface area contributed by atoms with E-state index >= 15 is 0 Å². The van der Waals surface area contributed by atoms with Crippen LogP contribution < -0.4 is 11.1 Å². The number of primary amides is 1. The Morgan fingerprint density at radius 3 is 1.95 bits per heavy atom. The summed E-state index contributed by atoms with van der Waals surface area (Å²) in [5, 5.41) is 2.64. The lowest BCUT2D eigenvalue weighted by Crippen LogP contribution is -2.37. The second-order valence-corrected chi connectivity index (χ2v) is 4.09. The molecule has 0 heterocycles. The molecule has 2 aromatic carbocycles. The topological polar surface area (TPSA) is 72.2 Å². The average molecular weight is 254 g/mol. The summed E-state index contributed by atoms with van der Waals surface area (Å²) < 4.78 is 0. The lowest BCUT2D eigenvalue weighted by molar-refractivity contribution is -0.120. The van der Waals surface area contributed by atoms with Crippen LogP contribution in [0.5, 0.6) is 0 Å². The van der Waals surface area contributed by atoms with Crippen molar-refractivity contribution in [2.75, 3.05) is 0 Å². The molecule has 0 aliphatic rings. The molecule has 0 saturated heterocycles. The van der Waals surface area contributed by atoms with Gasteiger partial charge in [0.1, 0.15) is 6.04 Å². The number of hydrogen-bond acceptors (Lipinski definition) is 2. The first-order valence-corrected chi connectivity index (χ1v) is 5.88. The van der Waals surface area contributed by atoms with E-state index in [-0.39, 0.29) is 5.91 Å². The SMILES string of the molecule is NC(=O)[C@H](NC(=O)c1ccccc1)c1ccccc1. The second-order valence-electron chi connectivity index (χ2n) is 4.09. The van der Waals surface area contributed by atoms with Gasteiger partial charge >= 0.3 is 0 Å². The standard InChI is InChI=1S/C15H14N2O2/c16-14(18)13(11-7-3-1-4-8-11)17-15(19)12-9-5-2-6-10-12/h1-10,13H,(H2,16,18)(H,17,19)/t13-/m1/s1. The van der Waals surface area contributed by atoms with Gasteiger partial charge in [-0.25, -0.2) is 0 Å². The van der Waals surface area contributed by atoms with Gasteiger partial charge in [-0.1, -0.05) is 48.5 Å². The van der Waals surface area contributed by atoms with Crippen molar-refractivity contribution in [3.05, 3.63) is 71.8 Å². The van der Waals surface area contributed by atoms with Gasteiger partial charge in [-0.05, 0) is 17.7 Å². The van der Waals surface area contributed by atoms with Crippen LogP contribution >= 0.6 is 0 Å². The molecule has 2 amide bonds. The number of amides is 2. The Kier molecular flexibility index (Phi) is 3.93. The minimum atomic E-state index is -0.825. The van der Waals surface area contributed by atoms with Gasteiger partial charge in [-0.2, -0.15) is 0 Å². The Labute approximate surface area is 111 Å². The maximum absolute atomic E-state index is 12.0. The van der Waals surface area contributed by atoms with E-state index in [1.54, 1.807) is 48.5 Å². The molecule has 0 radical (unpaired) electrons. The minimum absolute atomic E-state index is 0.326. The summed E-state index contributed by atoms with van der Waals surface area (Å²) >= 11 is 0. The highest BCUT2D eigenvalue weighted by molar-refractivity contribution is 5.97. The lowest BCUT2D eigenvalue weighted by atomic mass is 10.1. The molecule has 0 aliphatic carbocycles. The summed E-state index contributed by atoms with van der Waals surface area (Å²) in [6.07, 6.45) is 0. The Morgan fingerprint density at radius 2 is 1.42 bits per heavy atom. The Balaban J connectivity index is 2.19. The molecule has 0 aromatic heterocycles. The predicted octanol–water partition coefficient (Wildman–Crippen LogP) is 1.64. The molecular weight excluding hydrogens is 240 g/mol. The molecule has 4 heteroatoms. The van der Waals surface area contributed by atoms with E-state index in [2.05, 4.69) is 5.32 Å². The highest BCUT2D eigenvalue weighted by Gasteiger charge is 2.20. The first-order valence-electron chi connectivity index (χ1n) is 5.88. The van der Waals surface area contributed by atoms with Gasteiger partial charge < -0.3 is 11.1 Å². The molecule has 0 bridgehead atoms. The van der Waals surface area contributed by atoms with Gasteiger partial charge in [0.15, 0.2) is 0 Å². The number of benzene rings is 2. The van der Waals surface area contributed by atoms with Gasteiger partial charge in [-0.3, -0.25) is 9.59 Å². The molecule has 4 nitrogen and oxygen atoms in total. The fourth-order valence-electron chi connectivity index (χ4n) is 1.77. The monoisotopic (exact) mass is 254 g/mol. The quantitative estimate of drug-likeness (QED) is 0.870. The molecule has 2 rings (SSSR count). The van der Waals surface area contributed by atoms with Gasteiger partial charge in [0, 0.05) is 5.56 Å². The largest absolute Gasteiger partial charge is 0.368 e. The summed E-state index contributed by atoms with van der Waals surface area (Å²) in [4.78, 5) is 23.5. The second kappa shape index (κ2) is 5.82. The van der Waals surface area contributed by atoms with E-state index in [0.29, 0.717) is 11.1 Å². The molecular formula is C15H14N2O2. The van der Waals surface area contributed by atoms with Gasteiger partial charge in [0.25, 0.3) is 5.91 Å². The van der Waals surface area contributed by atoms with E-state index in [9.17, 15) is 9.59 Å². The van der Waals surface area contributed by atoms with Gasteiger partial charge in [0.2, 0.25) is 5.91 Å². The third-order valence-electron chi connectivity index (χ3n) is 2.73. The summed E-state index contributed by atoms with van der Waals surface area (Å²) in [5.74, 6) is -0.913. The Bertz CT molecular complexity index is 567. The van der Waals surface area contributed by atoms with Crippen LogP contribution in [0.1, 0.15) is 22.0 Å². The lowest BCUT2D eigenvalue weighted by Gasteiger charge is -2.15. The maximum atomic E-state index is 12.0. The number of rotatable bonds is 4. The number of hydrogen-bond donors (Lipinski definition) is 2. The zero-order chi connectivity index (χ0) is 13.7. The van der Waals surface area contributed by atoms with Crippen LogP contribution in [0, 0.1) is 0 Å². The van der Waals surface area contributed by atoms with Gasteiger partial charge in [-0.15, -0.1) is 0 Å². The third kappa shape index (κ3) is 3.19. The summed E-state index contributed by atoms with van der Waals surface area (Å²) in [7, 11) is 0. The van der Waals surface area contributed by atoms with E-state index in [0.717, 1.165) is 0 Å². The molecule has 0 unspecified atom stereocenters. The molecule has 0 aliphatic heterocycles. The molecule has 1 atom stereocenters. The van der Waals surface area contributed by atoms with Crippen LogP contribution in [0.4, 0.5) is 0 Å². The maximum Gasteiger partial charge on any atom is 0.252 e. The number of nitrogens with two attached hydrogens (primary N) is 1. The van der Waals surface area contributed by atoms with E-state index in [1.807, 2.05) is 12.1 Å². The van der Waals surface area contributed by atoms with Crippen molar-refractivity contribution in [3.63, 3.8) is 0 Å². The van der Waals surface area contributed by atoms with Crippen LogP contribution in [0.15, 0.2) is 60.7 Å². The van der Waals surface area contributed by atoms with Gasteiger partial charge in [0.05, 0.1) is 0 Å².